The number of carboxylic acids is 1. The number of tetrazole rings is 1. The van der Waals surface area contributed by atoms with Crippen LogP contribution >= 0.6 is 0 Å². The van der Waals surface area contributed by atoms with E-state index in [1.165, 1.54) is 16.8 Å². The molecule has 18 heavy (non-hydrogen) atoms. The monoisotopic (exact) mass is 248 g/mol. The zero-order valence-electron chi connectivity index (χ0n) is 9.25. The number of hydrogen-bond donors (Lipinski definition) is 1. The molecule has 0 spiro atoms. The average Bonchev–Trinajstić information content (AvgIpc) is 3.07. The Labute approximate surface area is 101 Å². The van der Waals surface area contributed by atoms with E-state index in [0.717, 1.165) is 18.9 Å². The van der Waals surface area contributed by atoms with Gasteiger partial charge in [-0.1, -0.05) is 0 Å². The predicted molar refractivity (Wildman–Crippen MR) is 58.0 cm³/mol. The Morgan fingerprint density at radius 1 is 1.44 bits per heavy atom. The number of aromatic nitrogens is 4. The molecule has 1 heterocycles. The maximum atomic E-state index is 13.1. The van der Waals surface area contributed by atoms with Crippen LogP contribution < -0.4 is 0 Å². The van der Waals surface area contributed by atoms with E-state index in [-0.39, 0.29) is 17.2 Å². The van der Waals surface area contributed by atoms with Crippen molar-refractivity contribution in [2.24, 2.45) is 0 Å². The largest absolute Gasteiger partial charge is 0.478 e. The van der Waals surface area contributed by atoms with Gasteiger partial charge in [-0.2, -0.15) is 4.68 Å². The van der Waals surface area contributed by atoms with Crippen LogP contribution in [-0.2, 0) is 0 Å². The van der Waals surface area contributed by atoms with Crippen LogP contribution in [-0.4, -0.2) is 31.3 Å². The summed E-state index contributed by atoms with van der Waals surface area (Å²) < 4.78 is 14.5. The molecule has 0 aliphatic heterocycles. The Morgan fingerprint density at radius 3 is 2.89 bits per heavy atom. The van der Waals surface area contributed by atoms with Crippen molar-refractivity contribution < 1.29 is 14.3 Å². The maximum Gasteiger partial charge on any atom is 0.338 e. The van der Waals surface area contributed by atoms with Crippen LogP contribution in [0.15, 0.2) is 18.2 Å². The van der Waals surface area contributed by atoms with Crippen LogP contribution in [0.3, 0.4) is 0 Å². The first-order valence-electron chi connectivity index (χ1n) is 5.48. The SMILES string of the molecule is O=C(O)c1cc(F)ccc1-n1nnnc1C1CC1. The molecule has 1 N–H and O–H groups in total. The first-order valence-corrected chi connectivity index (χ1v) is 5.48. The number of nitrogens with zero attached hydrogens (tertiary/aromatic N) is 4. The summed E-state index contributed by atoms with van der Waals surface area (Å²) in [6.07, 6.45) is 1.98. The van der Waals surface area contributed by atoms with Gasteiger partial charge in [-0.3, -0.25) is 0 Å². The highest BCUT2D eigenvalue weighted by Gasteiger charge is 2.31. The Hall–Kier alpha value is -2.31. The number of rotatable bonds is 3. The van der Waals surface area contributed by atoms with Gasteiger partial charge in [0.2, 0.25) is 0 Å². The maximum absolute atomic E-state index is 13.1. The molecule has 92 valence electrons. The van der Waals surface area contributed by atoms with Gasteiger partial charge < -0.3 is 5.11 Å². The fourth-order valence-electron chi connectivity index (χ4n) is 1.83. The van der Waals surface area contributed by atoms with Crippen LogP contribution in [0.5, 0.6) is 0 Å². The Kier molecular flexibility index (Phi) is 2.32. The third-order valence-corrected chi connectivity index (χ3v) is 2.85. The van der Waals surface area contributed by atoms with Crippen LogP contribution in [0.4, 0.5) is 4.39 Å². The molecule has 1 aromatic heterocycles. The molecule has 0 bridgehead atoms. The quantitative estimate of drug-likeness (QED) is 0.887. The molecular formula is C11H9FN4O2. The molecule has 1 aliphatic rings. The third-order valence-electron chi connectivity index (χ3n) is 2.85. The van der Waals surface area contributed by atoms with Crippen LogP contribution in [0.2, 0.25) is 0 Å². The lowest BCUT2D eigenvalue weighted by Gasteiger charge is -2.07. The number of hydrogen-bond acceptors (Lipinski definition) is 4. The molecule has 6 nitrogen and oxygen atoms in total. The summed E-state index contributed by atoms with van der Waals surface area (Å²) in [7, 11) is 0. The summed E-state index contributed by atoms with van der Waals surface area (Å²) in [6, 6.07) is 3.54. The fraction of sp³-hybridized carbons (Fsp3) is 0.273. The van der Waals surface area contributed by atoms with Gasteiger partial charge in [0.15, 0.2) is 5.82 Å². The minimum absolute atomic E-state index is 0.149. The van der Waals surface area contributed by atoms with E-state index in [1.807, 2.05) is 0 Å². The first kappa shape index (κ1) is 10.8. The van der Waals surface area contributed by atoms with Crippen LogP contribution in [0, 0.1) is 5.82 Å². The lowest BCUT2D eigenvalue weighted by atomic mass is 10.1. The molecule has 1 fully saturated rings. The average molecular weight is 248 g/mol. The Bertz CT molecular complexity index is 621. The van der Waals surface area contributed by atoms with Crippen molar-refractivity contribution in [2.75, 3.05) is 0 Å². The molecule has 1 saturated carbocycles. The van der Waals surface area contributed by atoms with Crippen LogP contribution in [0.25, 0.3) is 5.69 Å². The van der Waals surface area contributed by atoms with Crippen molar-refractivity contribution in [2.45, 2.75) is 18.8 Å². The highest BCUT2D eigenvalue weighted by molar-refractivity contribution is 5.91. The summed E-state index contributed by atoms with van der Waals surface area (Å²) in [4.78, 5) is 11.1. The molecule has 1 aliphatic carbocycles. The van der Waals surface area contributed by atoms with E-state index in [2.05, 4.69) is 15.5 Å². The molecule has 0 amide bonds. The third kappa shape index (κ3) is 1.73. The lowest BCUT2D eigenvalue weighted by Crippen LogP contribution is -2.09. The van der Waals surface area contributed by atoms with E-state index >= 15 is 0 Å². The van der Waals surface area contributed by atoms with Gasteiger partial charge in [-0.15, -0.1) is 5.10 Å². The number of halogens is 1. The highest BCUT2D eigenvalue weighted by Crippen LogP contribution is 2.39. The second kappa shape index (κ2) is 3.86. The van der Waals surface area contributed by atoms with Gasteiger partial charge in [-0.05, 0) is 41.5 Å². The summed E-state index contributed by atoms with van der Waals surface area (Å²) in [5.74, 6) is -0.908. The van der Waals surface area contributed by atoms with Crippen molar-refractivity contribution in [3.8, 4) is 5.69 Å². The van der Waals surface area contributed by atoms with Gasteiger partial charge in [0.25, 0.3) is 0 Å². The molecule has 0 saturated heterocycles. The molecule has 0 unspecified atom stereocenters. The number of carboxylic acid groups (broad SMARTS) is 1. The topological polar surface area (TPSA) is 80.9 Å². The first-order chi connectivity index (χ1) is 8.66. The Balaban J connectivity index is 2.15. The zero-order chi connectivity index (χ0) is 12.7. The summed E-state index contributed by atoms with van der Waals surface area (Å²) in [5.41, 5.74) is 0.139. The predicted octanol–water partition coefficient (Wildman–Crippen LogP) is 1.38. The smallest absolute Gasteiger partial charge is 0.338 e. The molecule has 0 atom stereocenters. The zero-order valence-corrected chi connectivity index (χ0v) is 9.25. The highest BCUT2D eigenvalue weighted by atomic mass is 19.1. The van der Waals surface area contributed by atoms with Crippen molar-refractivity contribution in [3.05, 3.63) is 35.4 Å². The fourth-order valence-corrected chi connectivity index (χ4v) is 1.83. The molecule has 7 heteroatoms. The molecule has 2 aromatic rings. The number of carbonyl (C=O) groups is 1. The lowest BCUT2D eigenvalue weighted by molar-refractivity contribution is 0.0696. The van der Waals surface area contributed by atoms with Crippen molar-refractivity contribution in [1.29, 1.82) is 0 Å². The number of aromatic carboxylic acids is 1. The number of benzene rings is 1. The van der Waals surface area contributed by atoms with Gasteiger partial charge in [0.1, 0.15) is 5.82 Å². The van der Waals surface area contributed by atoms with Crippen LogP contribution in [0.1, 0.15) is 34.9 Å². The molecule has 1 aromatic carbocycles. The van der Waals surface area contributed by atoms with Gasteiger partial charge in [0, 0.05) is 5.92 Å². The van der Waals surface area contributed by atoms with Gasteiger partial charge >= 0.3 is 5.97 Å². The van der Waals surface area contributed by atoms with E-state index < -0.39 is 11.8 Å². The summed E-state index contributed by atoms with van der Waals surface area (Å²) >= 11 is 0. The summed E-state index contributed by atoms with van der Waals surface area (Å²) in [5, 5.41) is 20.3. The van der Waals surface area contributed by atoms with Crippen molar-refractivity contribution in [1.82, 2.24) is 20.2 Å². The standard InChI is InChI=1S/C11H9FN4O2/c12-7-3-4-9(8(5-7)11(17)18)16-10(6-1-2-6)13-14-15-16/h3-6H,1-2H2,(H,17,18). The van der Waals surface area contributed by atoms with E-state index in [1.54, 1.807) is 0 Å². The van der Waals surface area contributed by atoms with Crippen molar-refractivity contribution >= 4 is 5.97 Å². The second-order valence-electron chi connectivity index (χ2n) is 4.19. The normalized spacial score (nSPS) is 14.7. The minimum atomic E-state index is -1.21. The molecule has 3 rings (SSSR count). The molecular weight excluding hydrogens is 239 g/mol. The minimum Gasteiger partial charge on any atom is -0.478 e. The Morgan fingerprint density at radius 2 is 2.22 bits per heavy atom. The van der Waals surface area contributed by atoms with E-state index in [4.69, 9.17) is 5.11 Å². The molecule has 0 radical (unpaired) electrons. The second-order valence-corrected chi connectivity index (χ2v) is 4.19. The van der Waals surface area contributed by atoms with Gasteiger partial charge in [0.05, 0.1) is 11.3 Å². The summed E-state index contributed by atoms with van der Waals surface area (Å²) in [6.45, 7) is 0. The van der Waals surface area contributed by atoms with E-state index in [0.29, 0.717) is 5.82 Å². The van der Waals surface area contributed by atoms with E-state index in [9.17, 15) is 9.18 Å². The van der Waals surface area contributed by atoms with Gasteiger partial charge in [-0.25, -0.2) is 9.18 Å². The van der Waals surface area contributed by atoms with Crippen molar-refractivity contribution in [3.63, 3.8) is 0 Å².